The lowest BCUT2D eigenvalue weighted by atomic mass is 10.0. The summed E-state index contributed by atoms with van der Waals surface area (Å²) in [5.74, 6) is -0.798. The van der Waals surface area contributed by atoms with E-state index in [0.29, 0.717) is 43.2 Å². The number of carbonyl (C=O) groups excluding carboxylic acids is 2. The number of amides is 2. The Bertz CT molecular complexity index is 1380. The van der Waals surface area contributed by atoms with Crippen molar-refractivity contribution in [2.75, 3.05) is 49.2 Å². The smallest absolute Gasteiger partial charge is 0.397 e. The van der Waals surface area contributed by atoms with Gasteiger partial charge in [-0.3, -0.25) is 14.5 Å². The van der Waals surface area contributed by atoms with Crippen LogP contribution in [0.5, 0.6) is 0 Å². The van der Waals surface area contributed by atoms with E-state index in [-0.39, 0.29) is 17.6 Å². The van der Waals surface area contributed by atoms with E-state index in [2.05, 4.69) is 32.8 Å². The lowest BCUT2D eigenvalue weighted by Gasteiger charge is -2.33. The van der Waals surface area contributed by atoms with E-state index in [1.807, 2.05) is 0 Å². The van der Waals surface area contributed by atoms with Crippen molar-refractivity contribution < 1.29 is 27.5 Å². The second-order valence-electron chi connectivity index (χ2n) is 9.84. The highest BCUT2D eigenvalue weighted by Crippen LogP contribution is 2.28. The minimum atomic E-state index is -4.57. The number of nitrogens with two attached hydrogens (primary N) is 1. The highest BCUT2D eigenvalue weighted by Gasteiger charge is 2.32. The van der Waals surface area contributed by atoms with Crippen LogP contribution in [0.15, 0.2) is 72.9 Å². The first-order valence-electron chi connectivity index (χ1n) is 13.4. The Kier molecular flexibility index (Phi) is 10.3. The number of para-hydroxylation sites is 2. The number of pyridine rings is 1. The molecule has 5 N–H and O–H groups in total. The number of benzene rings is 2. The molecule has 1 aromatic heterocycles. The maximum Gasteiger partial charge on any atom is 0.433 e. The zero-order chi connectivity index (χ0) is 30.1. The molecule has 1 aliphatic heterocycles. The summed E-state index contributed by atoms with van der Waals surface area (Å²) < 4.78 is 44.2. The molecule has 9 nitrogen and oxygen atoms in total. The van der Waals surface area contributed by atoms with Crippen LogP contribution in [0.4, 0.5) is 30.2 Å². The fourth-order valence-corrected chi connectivity index (χ4v) is 4.41. The van der Waals surface area contributed by atoms with E-state index in [1.165, 1.54) is 12.1 Å². The third kappa shape index (κ3) is 8.62. The molecule has 42 heavy (non-hydrogen) atoms. The van der Waals surface area contributed by atoms with Crippen LogP contribution in [0.2, 0.25) is 0 Å². The van der Waals surface area contributed by atoms with Gasteiger partial charge < -0.3 is 26.4 Å². The molecule has 4 rings (SSSR count). The highest BCUT2D eigenvalue weighted by atomic mass is 19.4. The maximum atomic E-state index is 13.3. The van der Waals surface area contributed by atoms with Gasteiger partial charge in [-0.15, -0.1) is 0 Å². The van der Waals surface area contributed by atoms with E-state index in [1.54, 1.807) is 54.6 Å². The van der Waals surface area contributed by atoms with E-state index >= 15 is 0 Å². The fraction of sp³-hybridized carbons (Fsp3) is 0.300. The van der Waals surface area contributed by atoms with Crippen LogP contribution in [0.25, 0.3) is 6.08 Å². The Morgan fingerprint density at radius 2 is 1.88 bits per heavy atom. The molecule has 1 saturated heterocycles. The largest absolute Gasteiger partial charge is 0.433 e. The molecule has 2 amide bonds. The summed E-state index contributed by atoms with van der Waals surface area (Å²) in [4.78, 5) is 31.3. The van der Waals surface area contributed by atoms with Crippen molar-refractivity contribution in [1.82, 2.24) is 15.2 Å². The number of alkyl halides is 3. The van der Waals surface area contributed by atoms with Crippen LogP contribution >= 0.6 is 0 Å². The molecule has 0 aliphatic carbocycles. The van der Waals surface area contributed by atoms with E-state index in [9.17, 15) is 22.8 Å². The molecule has 0 bridgehead atoms. The molecule has 3 aromatic rings. The number of aromatic nitrogens is 1. The van der Waals surface area contributed by atoms with E-state index in [0.717, 1.165) is 24.4 Å². The van der Waals surface area contributed by atoms with Gasteiger partial charge in [0.1, 0.15) is 11.7 Å². The number of halogens is 3. The topological polar surface area (TPSA) is 122 Å². The molecule has 0 spiro atoms. The Labute approximate surface area is 241 Å². The summed E-state index contributed by atoms with van der Waals surface area (Å²) in [5.41, 5.74) is 7.30. The number of rotatable bonds is 10. The van der Waals surface area contributed by atoms with Gasteiger partial charge in [-0.05, 0) is 48.4 Å². The highest BCUT2D eigenvalue weighted by molar-refractivity contribution is 6.03. The van der Waals surface area contributed by atoms with Gasteiger partial charge in [0.25, 0.3) is 0 Å². The van der Waals surface area contributed by atoms with Crippen molar-refractivity contribution in [3.05, 3.63) is 89.8 Å². The molecule has 1 fully saturated rings. The summed E-state index contributed by atoms with van der Waals surface area (Å²) in [6.45, 7) is 5.29. The van der Waals surface area contributed by atoms with E-state index in [4.69, 9.17) is 10.5 Å². The summed E-state index contributed by atoms with van der Waals surface area (Å²) >= 11 is 0. The summed E-state index contributed by atoms with van der Waals surface area (Å²) in [6.07, 6.45) is -0.580. The Balaban J connectivity index is 1.44. The SMILES string of the molecule is CC1COCCN1CCNC(C(=O)Nc1ccc(C(F)(F)F)nc1)c1ccc(/C=C/C(=O)Nc2ccccc2N)cc1. The van der Waals surface area contributed by atoms with Crippen molar-refractivity contribution in [2.45, 2.75) is 25.2 Å². The Hall–Kier alpha value is -4.26. The minimum Gasteiger partial charge on any atom is -0.397 e. The summed E-state index contributed by atoms with van der Waals surface area (Å²) in [7, 11) is 0. The van der Waals surface area contributed by atoms with Crippen molar-refractivity contribution >= 4 is 35.0 Å². The number of morpholine rings is 1. The van der Waals surface area contributed by atoms with Crippen LogP contribution < -0.4 is 21.7 Å². The Morgan fingerprint density at radius 1 is 1.12 bits per heavy atom. The lowest BCUT2D eigenvalue weighted by molar-refractivity contribution is -0.141. The predicted molar refractivity (Wildman–Crippen MR) is 155 cm³/mol. The zero-order valence-electron chi connectivity index (χ0n) is 23.0. The molecule has 0 radical (unpaired) electrons. The molecule has 12 heteroatoms. The van der Waals surface area contributed by atoms with Crippen LogP contribution in [0.1, 0.15) is 29.8 Å². The third-order valence-corrected chi connectivity index (χ3v) is 6.75. The van der Waals surface area contributed by atoms with Crippen molar-refractivity contribution in [3.8, 4) is 0 Å². The second-order valence-corrected chi connectivity index (χ2v) is 9.84. The first kappa shape index (κ1) is 30.7. The fourth-order valence-electron chi connectivity index (χ4n) is 4.41. The zero-order valence-corrected chi connectivity index (χ0v) is 23.0. The molecule has 2 aromatic carbocycles. The predicted octanol–water partition coefficient (Wildman–Crippen LogP) is 4.32. The van der Waals surface area contributed by atoms with Crippen LogP contribution in [0.3, 0.4) is 0 Å². The first-order chi connectivity index (χ1) is 20.1. The lowest BCUT2D eigenvalue weighted by Crippen LogP contribution is -2.47. The number of hydrogen-bond acceptors (Lipinski definition) is 7. The van der Waals surface area contributed by atoms with Crippen LogP contribution in [-0.2, 0) is 20.5 Å². The van der Waals surface area contributed by atoms with Crippen LogP contribution in [-0.4, -0.2) is 60.6 Å². The molecular weight excluding hydrogens is 549 g/mol. The van der Waals surface area contributed by atoms with Crippen molar-refractivity contribution in [1.29, 1.82) is 0 Å². The molecule has 1 aliphatic rings. The number of ether oxygens (including phenoxy) is 1. The monoisotopic (exact) mass is 582 g/mol. The number of nitrogen functional groups attached to an aromatic ring is 1. The van der Waals surface area contributed by atoms with Crippen molar-refractivity contribution in [2.24, 2.45) is 0 Å². The van der Waals surface area contributed by atoms with Gasteiger partial charge in [-0.25, -0.2) is 4.98 Å². The normalized spacial score (nSPS) is 16.7. The number of anilines is 3. The quantitative estimate of drug-likeness (QED) is 0.208. The number of hydrogen-bond donors (Lipinski definition) is 4. The van der Waals surface area contributed by atoms with Gasteiger partial charge in [0.2, 0.25) is 11.8 Å². The molecular formula is C30H33F3N6O3. The minimum absolute atomic E-state index is 0.145. The molecule has 2 unspecified atom stereocenters. The first-order valence-corrected chi connectivity index (χ1v) is 13.4. The van der Waals surface area contributed by atoms with Gasteiger partial charge in [0.15, 0.2) is 0 Å². The number of nitrogens with zero attached hydrogens (tertiary/aromatic N) is 2. The molecule has 2 heterocycles. The van der Waals surface area contributed by atoms with Gasteiger partial charge in [-0.2, -0.15) is 13.2 Å². The van der Waals surface area contributed by atoms with Gasteiger partial charge in [0.05, 0.1) is 36.5 Å². The third-order valence-electron chi connectivity index (χ3n) is 6.75. The average Bonchev–Trinajstić information content (AvgIpc) is 2.96. The van der Waals surface area contributed by atoms with Gasteiger partial charge >= 0.3 is 6.18 Å². The Morgan fingerprint density at radius 3 is 2.55 bits per heavy atom. The molecule has 0 saturated carbocycles. The number of carbonyl (C=O) groups is 2. The summed E-state index contributed by atoms with van der Waals surface area (Å²) in [6, 6.07) is 15.4. The van der Waals surface area contributed by atoms with Gasteiger partial charge in [-0.1, -0.05) is 36.4 Å². The summed E-state index contributed by atoms with van der Waals surface area (Å²) in [5, 5.41) is 8.65. The molecule has 2 atom stereocenters. The average molecular weight is 583 g/mol. The molecule has 222 valence electrons. The maximum absolute atomic E-state index is 13.3. The standard InChI is InChI=1S/C30H33F3N6O3/c1-20-19-42-17-16-39(20)15-14-35-28(29(41)37-23-11-12-26(36-18-23)30(31,32)33)22-9-6-21(7-10-22)8-13-27(40)38-25-5-3-2-4-24(25)34/h2-13,18,20,28,35H,14-17,19,34H2,1H3,(H,37,41)(H,38,40)/b13-8+. The van der Waals surface area contributed by atoms with Crippen LogP contribution in [0, 0.1) is 0 Å². The van der Waals surface area contributed by atoms with Crippen molar-refractivity contribution in [3.63, 3.8) is 0 Å². The van der Waals surface area contributed by atoms with Gasteiger partial charge in [0, 0.05) is 31.8 Å². The number of nitrogens with one attached hydrogen (secondary N) is 3. The second kappa shape index (κ2) is 14.1. The van der Waals surface area contributed by atoms with E-state index < -0.39 is 23.8 Å².